The largest absolute Gasteiger partial charge is 0.453 e. The minimum atomic E-state index is -0.886. The van der Waals surface area contributed by atoms with Gasteiger partial charge in [0.1, 0.15) is 0 Å². The van der Waals surface area contributed by atoms with Gasteiger partial charge < -0.3 is 29.5 Å². The van der Waals surface area contributed by atoms with Gasteiger partial charge >= 0.3 is 5.97 Å². The maximum absolute atomic E-state index is 12.2. The van der Waals surface area contributed by atoms with Crippen LogP contribution in [0.15, 0.2) is 61.2 Å². The molecule has 1 heterocycles. The van der Waals surface area contributed by atoms with Gasteiger partial charge in [-0.1, -0.05) is 42.5 Å². The highest BCUT2D eigenvalue weighted by Crippen LogP contribution is 2.38. The molecular weight excluding hydrogens is 448 g/mol. The number of hydrogen-bond donors (Lipinski definition) is 2. The first-order chi connectivity index (χ1) is 16.8. The molecule has 1 amide bonds. The van der Waals surface area contributed by atoms with Crippen LogP contribution in [0.1, 0.15) is 49.4 Å². The molecule has 4 atom stereocenters. The molecule has 1 aliphatic rings. The van der Waals surface area contributed by atoms with Gasteiger partial charge in [-0.2, -0.15) is 0 Å². The highest BCUT2D eigenvalue weighted by Gasteiger charge is 2.32. The van der Waals surface area contributed by atoms with Crippen molar-refractivity contribution < 1.29 is 28.9 Å². The lowest BCUT2D eigenvalue weighted by Gasteiger charge is -2.37. The summed E-state index contributed by atoms with van der Waals surface area (Å²) in [4.78, 5) is 25.4. The summed E-state index contributed by atoms with van der Waals surface area (Å²) in [7, 11) is 2.02. The van der Waals surface area contributed by atoms with Gasteiger partial charge in [0.2, 0.25) is 0 Å². The zero-order valence-corrected chi connectivity index (χ0v) is 20.5. The maximum atomic E-state index is 12.2. The summed E-state index contributed by atoms with van der Waals surface area (Å²) in [6, 6.07) is 15.0. The second kappa shape index (κ2) is 12.6. The summed E-state index contributed by atoms with van der Waals surface area (Å²) in [5.74, 6) is -0.918. The summed E-state index contributed by atoms with van der Waals surface area (Å²) in [6.45, 7) is 8.06. The Bertz CT molecular complexity index is 992. The van der Waals surface area contributed by atoms with E-state index < -0.39 is 24.3 Å². The molecule has 1 fully saturated rings. The van der Waals surface area contributed by atoms with Crippen LogP contribution in [0.4, 0.5) is 5.69 Å². The summed E-state index contributed by atoms with van der Waals surface area (Å²) in [5, 5.41) is 12.1. The number of ether oxygens (including phenoxy) is 3. The van der Waals surface area contributed by atoms with Gasteiger partial charge in [-0.15, -0.1) is 6.58 Å². The number of hydrogen-bond acceptors (Lipinski definition) is 7. The first-order valence-electron chi connectivity index (χ1n) is 11.7. The van der Waals surface area contributed by atoms with Crippen molar-refractivity contribution in [3.63, 3.8) is 0 Å². The predicted molar refractivity (Wildman–Crippen MR) is 132 cm³/mol. The SMILES string of the molecule is C=CCN(C)CC1CC(c2ccc(CO)cc2)OC(c2ccc(NC(=O)C(C)OC(C)=O)cc2)O1. The molecule has 188 valence electrons. The van der Waals surface area contributed by atoms with Crippen molar-refractivity contribution in [2.45, 2.75) is 51.5 Å². The second-order valence-electron chi connectivity index (χ2n) is 8.72. The Kier molecular flexibility index (Phi) is 9.56. The van der Waals surface area contributed by atoms with Crippen molar-refractivity contribution in [1.82, 2.24) is 4.90 Å². The van der Waals surface area contributed by atoms with Crippen molar-refractivity contribution in [3.8, 4) is 0 Å². The van der Waals surface area contributed by atoms with Crippen LogP contribution in [0.2, 0.25) is 0 Å². The fourth-order valence-corrected chi connectivity index (χ4v) is 3.95. The molecular formula is C27H34N2O6. The van der Waals surface area contributed by atoms with E-state index in [4.69, 9.17) is 14.2 Å². The fourth-order valence-electron chi connectivity index (χ4n) is 3.95. The molecule has 8 heteroatoms. The van der Waals surface area contributed by atoms with E-state index in [9.17, 15) is 14.7 Å². The highest BCUT2D eigenvalue weighted by molar-refractivity contribution is 5.94. The smallest absolute Gasteiger partial charge is 0.303 e. The van der Waals surface area contributed by atoms with Crippen molar-refractivity contribution in [2.24, 2.45) is 0 Å². The molecule has 35 heavy (non-hydrogen) atoms. The number of aliphatic hydroxyl groups excluding tert-OH is 1. The van der Waals surface area contributed by atoms with Crippen LogP contribution in [0, 0.1) is 0 Å². The zero-order valence-electron chi connectivity index (χ0n) is 20.5. The summed E-state index contributed by atoms with van der Waals surface area (Å²) in [6.07, 6.45) is 0.843. The average Bonchev–Trinajstić information content (AvgIpc) is 2.84. The molecule has 2 N–H and O–H groups in total. The number of rotatable bonds is 10. The van der Waals surface area contributed by atoms with Gasteiger partial charge in [-0.25, -0.2) is 0 Å². The Morgan fingerprint density at radius 3 is 2.43 bits per heavy atom. The molecule has 1 saturated heterocycles. The number of esters is 1. The lowest BCUT2D eigenvalue weighted by molar-refractivity contribution is -0.252. The molecule has 0 radical (unpaired) electrons. The molecule has 8 nitrogen and oxygen atoms in total. The van der Waals surface area contributed by atoms with Gasteiger partial charge in [-0.05, 0) is 37.2 Å². The van der Waals surface area contributed by atoms with Gasteiger partial charge in [0.05, 0.1) is 18.8 Å². The summed E-state index contributed by atoms with van der Waals surface area (Å²) >= 11 is 0. The van der Waals surface area contributed by atoms with E-state index >= 15 is 0 Å². The molecule has 3 rings (SSSR count). The Balaban J connectivity index is 1.74. The number of nitrogens with one attached hydrogen (secondary N) is 1. The van der Waals surface area contributed by atoms with Gasteiger partial charge in [0.25, 0.3) is 5.91 Å². The number of benzene rings is 2. The second-order valence-corrected chi connectivity index (χ2v) is 8.72. The van der Waals surface area contributed by atoms with Crippen LogP contribution in [-0.4, -0.2) is 54.2 Å². The van der Waals surface area contributed by atoms with E-state index in [1.165, 1.54) is 13.8 Å². The van der Waals surface area contributed by atoms with Gasteiger partial charge in [0, 0.05) is 37.7 Å². The third-order valence-corrected chi connectivity index (χ3v) is 5.73. The Labute approximate surface area is 206 Å². The molecule has 2 aromatic rings. The third-order valence-electron chi connectivity index (χ3n) is 5.73. The molecule has 1 aliphatic heterocycles. The van der Waals surface area contributed by atoms with Crippen molar-refractivity contribution in [1.29, 1.82) is 0 Å². The van der Waals surface area contributed by atoms with Crippen LogP contribution in [0.5, 0.6) is 0 Å². The van der Waals surface area contributed by atoms with E-state index in [1.807, 2.05) is 49.5 Å². The van der Waals surface area contributed by atoms with Gasteiger partial charge in [0.15, 0.2) is 12.4 Å². The lowest BCUT2D eigenvalue weighted by atomic mass is 9.99. The number of anilines is 1. The van der Waals surface area contributed by atoms with Crippen molar-refractivity contribution in [2.75, 3.05) is 25.5 Å². The van der Waals surface area contributed by atoms with E-state index in [2.05, 4.69) is 16.8 Å². The quantitative estimate of drug-likeness (QED) is 0.393. The fraction of sp³-hybridized carbons (Fsp3) is 0.407. The van der Waals surface area contributed by atoms with E-state index in [0.717, 1.165) is 29.8 Å². The number of carbonyl (C=O) groups is 2. The molecule has 0 aromatic heterocycles. The standard InChI is InChI=1S/C27H34N2O6/c1-5-14-29(4)16-24-15-25(21-8-6-20(17-30)7-9-21)35-27(34-24)22-10-12-23(13-11-22)28-26(32)18(2)33-19(3)31/h5-13,18,24-25,27,30H,1,14-17H2,2-4H3,(H,28,32). The van der Waals surface area contributed by atoms with Crippen LogP contribution in [-0.2, 0) is 30.4 Å². The number of amides is 1. The molecule has 2 aromatic carbocycles. The van der Waals surface area contributed by atoms with Crippen molar-refractivity contribution in [3.05, 3.63) is 77.9 Å². The van der Waals surface area contributed by atoms with E-state index in [0.29, 0.717) is 12.1 Å². The van der Waals surface area contributed by atoms with E-state index in [-0.39, 0.29) is 18.8 Å². The number of carbonyl (C=O) groups excluding carboxylic acids is 2. The van der Waals surface area contributed by atoms with Gasteiger partial charge in [-0.3, -0.25) is 9.59 Å². The maximum Gasteiger partial charge on any atom is 0.303 e. The molecule has 0 aliphatic carbocycles. The molecule has 4 unspecified atom stereocenters. The topological polar surface area (TPSA) is 97.3 Å². The molecule has 0 bridgehead atoms. The lowest BCUT2D eigenvalue weighted by Crippen LogP contribution is -2.37. The summed E-state index contributed by atoms with van der Waals surface area (Å²) < 4.78 is 17.6. The van der Waals surface area contributed by atoms with E-state index in [1.54, 1.807) is 12.1 Å². The van der Waals surface area contributed by atoms with Crippen LogP contribution in [0.25, 0.3) is 0 Å². The first-order valence-corrected chi connectivity index (χ1v) is 11.7. The zero-order chi connectivity index (χ0) is 25.4. The first kappa shape index (κ1) is 26.6. The highest BCUT2D eigenvalue weighted by atomic mass is 16.7. The number of aliphatic hydroxyl groups is 1. The summed E-state index contributed by atoms with van der Waals surface area (Å²) in [5.41, 5.74) is 3.27. The van der Waals surface area contributed by atoms with Crippen LogP contribution < -0.4 is 5.32 Å². The minimum Gasteiger partial charge on any atom is -0.453 e. The Morgan fingerprint density at radius 1 is 1.17 bits per heavy atom. The molecule has 0 spiro atoms. The van der Waals surface area contributed by atoms with Crippen molar-refractivity contribution >= 4 is 17.6 Å². The van der Waals surface area contributed by atoms with Crippen LogP contribution >= 0.6 is 0 Å². The number of nitrogens with zero attached hydrogens (tertiary/aromatic N) is 1. The average molecular weight is 483 g/mol. The van der Waals surface area contributed by atoms with Crippen LogP contribution in [0.3, 0.4) is 0 Å². The minimum absolute atomic E-state index is 0.00491. The molecule has 0 saturated carbocycles. The monoisotopic (exact) mass is 482 g/mol. The normalized spacial score (nSPS) is 20.8. The number of likely N-dealkylation sites (N-methyl/N-ethyl adjacent to an activating group) is 1. The Morgan fingerprint density at radius 2 is 1.83 bits per heavy atom. The Hall–Kier alpha value is -3.04. The predicted octanol–water partition coefficient (Wildman–Crippen LogP) is 3.73. The third kappa shape index (κ3) is 7.73.